The first kappa shape index (κ1) is 20.0. The van der Waals surface area contributed by atoms with E-state index >= 15 is 0 Å². The lowest BCUT2D eigenvalue weighted by atomic mass is 10.2. The number of fused-ring (bicyclic) bond motifs is 6. The average Bonchev–Trinajstić information content (AvgIpc) is 3.19. The van der Waals surface area contributed by atoms with Crippen molar-refractivity contribution in [3.8, 4) is 0 Å². The van der Waals surface area contributed by atoms with Gasteiger partial charge in [-0.25, -0.2) is 9.35 Å². The molecule has 2 aromatic heterocycles. The molecule has 0 N–H and O–H groups in total. The van der Waals surface area contributed by atoms with E-state index in [9.17, 15) is 0 Å². The van der Waals surface area contributed by atoms with Crippen LogP contribution in [0.5, 0.6) is 0 Å². The lowest BCUT2D eigenvalue weighted by Gasteiger charge is -2.13. The molecule has 0 saturated carbocycles. The molecule has 6 heteroatoms. The summed E-state index contributed by atoms with van der Waals surface area (Å²) in [5.41, 5.74) is 4.90. The molecule has 0 bridgehead atoms. The minimum Gasteiger partial charge on any atom is -0.248 e. The zero-order valence-electron chi connectivity index (χ0n) is 15.3. The maximum Gasteiger partial charge on any atom is 0.0717 e. The van der Waals surface area contributed by atoms with Crippen molar-refractivity contribution in [1.29, 1.82) is 0 Å². The van der Waals surface area contributed by atoms with E-state index in [1.54, 1.807) is 0 Å². The molecular formula is C24H12I4N2. The predicted octanol–water partition coefficient (Wildman–Crippen LogP) is 8.63. The van der Waals surface area contributed by atoms with Gasteiger partial charge in [0.25, 0.3) is 0 Å². The van der Waals surface area contributed by atoms with Gasteiger partial charge < -0.3 is 0 Å². The lowest BCUT2D eigenvalue weighted by molar-refractivity contribution is 0.774. The summed E-state index contributed by atoms with van der Waals surface area (Å²) in [7, 11) is 0. The Morgan fingerprint density at radius 1 is 0.367 bits per heavy atom. The minimum atomic E-state index is 1.23. The molecule has 0 fully saturated rings. The van der Waals surface area contributed by atoms with Crippen molar-refractivity contribution in [2.75, 3.05) is 0 Å². The highest BCUT2D eigenvalue weighted by molar-refractivity contribution is 14.1. The summed E-state index contributed by atoms with van der Waals surface area (Å²) in [6.45, 7) is 0. The molecule has 0 spiro atoms. The van der Waals surface area contributed by atoms with Crippen LogP contribution in [0.3, 0.4) is 0 Å². The maximum absolute atomic E-state index is 2.41. The molecule has 0 saturated heterocycles. The molecule has 2 nitrogen and oxygen atoms in total. The smallest absolute Gasteiger partial charge is 0.0717 e. The van der Waals surface area contributed by atoms with Gasteiger partial charge in [0.2, 0.25) is 0 Å². The average molecular weight is 836 g/mol. The van der Waals surface area contributed by atoms with E-state index in [2.05, 4.69) is 173 Å². The summed E-state index contributed by atoms with van der Waals surface area (Å²) in [6, 6.07) is 27.0. The second kappa shape index (κ2) is 7.48. The molecular weight excluding hydrogens is 824 g/mol. The first-order valence-electron chi connectivity index (χ1n) is 9.30. The number of rotatable bonds is 1. The molecule has 0 aliphatic heterocycles. The van der Waals surface area contributed by atoms with Crippen LogP contribution in [0.1, 0.15) is 0 Å². The Morgan fingerprint density at radius 2 is 0.600 bits per heavy atom. The lowest BCUT2D eigenvalue weighted by Crippen LogP contribution is -2.08. The van der Waals surface area contributed by atoms with Crippen LogP contribution < -0.4 is 0 Å². The summed E-state index contributed by atoms with van der Waals surface area (Å²) in [5.74, 6) is 0. The largest absolute Gasteiger partial charge is 0.248 e. The summed E-state index contributed by atoms with van der Waals surface area (Å²) in [5, 5.41) is 5.17. The van der Waals surface area contributed by atoms with E-state index in [-0.39, 0.29) is 0 Å². The monoisotopic (exact) mass is 836 g/mol. The highest BCUT2D eigenvalue weighted by atomic mass is 127. The van der Waals surface area contributed by atoms with Crippen molar-refractivity contribution in [2.24, 2.45) is 0 Å². The van der Waals surface area contributed by atoms with Crippen LogP contribution in [0.4, 0.5) is 0 Å². The van der Waals surface area contributed by atoms with Gasteiger partial charge in [0.05, 0.1) is 22.1 Å². The third-order valence-electron chi connectivity index (χ3n) is 5.53. The molecule has 0 amide bonds. The molecule has 0 aliphatic carbocycles. The van der Waals surface area contributed by atoms with Crippen molar-refractivity contribution < 1.29 is 0 Å². The van der Waals surface area contributed by atoms with E-state index in [0.29, 0.717) is 0 Å². The van der Waals surface area contributed by atoms with Gasteiger partial charge in [-0.3, -0.25) is 0 Å². The van der Waals surface area contributed by atoms with Crippen molar-refractivity contribution in [3.63, 3.8) is 0 Å². The van der Waals surface area contributed by atoms with Gasteiger partial charge in [0.15, 0.2) is 0 Å². The zero-order valence-corrected chi connectivity index (χ0v) is 24.0. The Bertz CT molecular complexity index is 1400. The van der Waals surface area contributed by atoms with Gasteiger partial charge in [-0.15, -0.1) is 0 Å². The van der Waals surface area contributed by atoms with Crippen LogP contribution in [0, 0.1) is 14.3 Å². The van der Waals surface area contributed by atoms with Crippen LogP contribution in [-0.2, 0) is 0 Å². The SMILES string of the molecule is Ic1ccc2c(c1)c1cc(I)ccc1n2-n1c2ccc(I)cc2c2cc(I)ccc21. The first-order chi connectivity index (χ1) is 14.5. The molecule has 6 aromatic rings. The van der Waals surface area contributed by atoms with Crippen molar-refractivity contribution in [1.82, 2.24) is 9.35 Å². The number of hydrogen-bond acceptors (Lipinski definition) is 0. The van der Waals surface area contributed by atoms with Gasteiger partial charge in [-0.2, -0.15) is 0 Å². The Hall–Kier alpha value is -0.600. The molecule has 146 valence electrons. The van der Waals surface area contributed by atoms with E-state index in [1.807, 2.05) is 0 Å². The highest BCUT2D eigenvalue weighted by Crippen LogP contribution is 2.37. The molecule has 30 heavy (non-hydrogen) atoms. The van der Waals surface area contributed by atoms with Crippen molar-refractivity contribution >= 4 is 134 Å². The van der Waals surface area contributed by atoms with Crippen LogP contribution in [-0.4, -0.2) is 9.35 Å². The fraction of sp³-hybridized carbons (Fsp3) is 0. The van der Waals surface area contributed by atoms with Crippen LogP contribution in [0.2, 0.25) is 0 Å². The van der Waals surface area contributed by atoms with Gasteiger partial charge in [-0.05, 0) is 163 Å². The molecule has 0 aliphatic rings. The minimum absolute atomic E-state index is 1.23. The summed E-state index contributed by atoms with van der Waals surface area (Å²) < 4.78 is 9.80. The van der Waals surface area contributed by atoms with E-state index < -0.39 is 0 Å². The van der Waals surface area contributed by atoms with Crippen molar-refractivity contribution in [3.05, 3.63) is 87.1 Å². The molecule has 2 heterocycles. The Labute approximate surface area is 227 Å². The topological polar surface area (TPSA) is 9.86 Å². The quantitative estimate of drug-likeness (QED) is 0.147. The van der Waals surface area contributed by atoms with Crippen molar-refractivity contribution in [2.45, 2.75) is 0 Å². The Kier molecular flexibility index (Phi) is 4.99. The van der Waals surface area contributed by atoms with Crippen LogP contribution in [0.25, 0.3) is 43.6 Å². The molecule has 0 atom stereocenters. The highest BCUT2D eigenvalue weighted by Gasteiger charge is 2.18. The Balaban J connectivity index is 1.89. The number of halogens is 4. The van der Waals surface area contributed by atoms with Crippen LogP contribution in [0.15, 0.2) is 72.8 Å². The van der Waals surface area contributed by atoms with E-state index in [4.69, 9.17) is 0 Å². The maximum atomic E-state index is 2.41. The van der Waals surface area contributed by atoms with Gasteiger partial charge >= 0.3 is 0 Å². The first-order valence-corrected chi connectivity index (χ1v) is 13.6. The summed E-state index contributed by atoms with van der Waals surface area (Å²) in [4.78, 5) is 0. The number of aromatic nitrogens is 2. The summed E-state index contributed by atoms with van der Waals surface area (Å²) in [6.07, 6.45) is 0. The van der Waals surface area contributed by atoms with Gasteiger partial charge in [0, 0.05) is 35.8 Å². The van der Waals surface area contributed by atoms with E-state index in [0.717, 1.165) is 0 Å². The molecule has 6 rings (SSSR count). The molecule has 0 radical (unpaired) electrons. The number of hydrogen-bond donors (Lipinski definition) is 0. The standard InChI is InChI=1S/C24H12I4N2/c25-13-1-5-21-17(9-13)18-10-14(26)2-6-22(18)29(21)30-23-7-3-15(27)11-19(23)20-12-16(28)4-8-24(20)30/h1-12H. The van der Waals surface area contributed by atoms with Gasteiger partial charge in [0.1, 0.15) is 0 Å². The number of nitrogens with zero attached hydrogens (tertiary/aromatic N) is 2. The third kappa shape index (κ3) is 3.03. The molecule has 4 aromatic carbocycles. The normalized spacial score (nSPS) is 12.0. The van der Waals surface area contributed by atoms with Gasteiger partial charge in [-0.1, -0.05) is 0 Å². The fourth-order valence-corrected chi connectivity index (χ4v) is 6.29. The molecule has 0 unspecified atom stereocenters. The fourth-order valence-electron chi connectivity index (χ4n) is 4.33. The second-order valence-corrected chi connectivity index (χ2v) is 12.3. The van der Waals surface area contributed by atoms with Crippen LogP contribution >= 0.6 is 90.4 Å². The third-order valence-corrected chi connectivity index (χ3v) is 8.21. The Morgan fingerprint density at radius 3 is 0.833 bits per heavy atom. The second-order valence-electron chi connectivity index (χ2n) is 7.27. The van der Waals surface area contributed by atoms with E-state index in [1.165, 1.54) is 57.9 Å². The summed E-state index contributed by atoms with van der Waals surface area (Å²) >= 11 is 9.63. The predicted molar refractivity (Wildman–Crippen MR) is 161 cm³/mol. The zero-order chi connectivity index (χ0) is 20.6. The number of benzene rings is 4.